The van der Waals surface area contributed by atoms with Gasteiger partial charge in [-0.1, -0.05) is 6.92 Å². The molecule has 0 bridgehead atoms. The first-order valence-corrected chi connectivity index (χ1v) is 4.97. The second-order valence-electron chi connectivity index (χ2n) is 3.45. The molecular formula is C9H20N2O2. The molecule has 0 amide bonds. The molecule has 0 aromatic heterocycles. The summed E-state index contributed by atoms with van der Waals surface area (Å²) >= 11 is 0. The summed E-state index contributed by atoms with van der Waals surface area (Å²) in [6, 6.07) is 0.531. The fourth-order valence-electron chi connectivity index (χ4n) is 1.84. The highest BCUT2D eigenvalue weighted by molar-refractivity contribution is 4.81. The highest BCUT2D eigenvalue weighted by Gasteiger charge is 2.26. The summed E-state index contributed by atoms with van der Waals surface area (Å²) < 4.78 is 5.30. The van der Waals surface area contributed by atoms with Crippen LogP contribution in [0.2, 0.25) is 0 Å². The van der Waals surface area contributed by atoms with E-state index in [1.165, 1.54) is 0 Å². The Kier molecular flexibility index (Phi) is 4.66. The topological polar surface area (TPSA) is 58.7 Å². The second-order valence-corrected chi connectivity index (χ2v) is 3.45. The van der Waals surface area contributed by atoms with E-state index in [0.717, 1.165) is 19.6 Å². The van der Waals surface area contributed by atoms with Crippen molar-refractivity contribution in [1.82, 2.24) is 4.90 Å². The number of rotatable bonds is 4. The van der Waals surface area contributed by atoms with Crippen LogP contribution in [-0.2, 0) is 4.74 Å². The van der Waals surface area contributed by atoms with Crippen molar-refractivity contribution in [2.45, 2.75) is 25.4 Å². The van der Waals surface area contributed by atoms with Crippen molar-refractivity contribution in [1.29, 1.82) is 0 Å². The molecule has 0 spiro atoms. The second kappa shape index (κ2) is 5.54. The fourth-order valence-corrected chi connectivity index (χ4v) is 1.84. The smallest absolute Gasteiger partial charge is 0.0644 e. The quantitative estimate of drug-likeness (QED) is 0.619. The zero-order valence-corrected chi connectivity index (χ0v) is 8.28. The third-order valence-electron chi connectivity index (χ3n) is 2.70. The summed E-state index contributed by atoms with van der Waals surface area (Å²) in [6.45, 7) is 5.23. The van der Waals surface area contributed by atoms with Gasteiger partial charge in [0, 0.05) is 19.1 Å². The minimum absolute atomic E-state index is 0.141. The normalized spacial score (nSPS) is 27.5. The molecule has 2 unspecified atom stereocenters. The Morgan fingerprint density at radius 3 is 3.00 bits per heavy atom. The van der Waals surface area contributed by atoms with E-state index in [9.17, 15) is 0 Å². The monoisotopic (exact) mass is 188 g/mol. The van der Waals surface area contributed by atoms with Crippen LogP contribution in [0, 0.1) is 0 Å². The molecule has 1 heterocycles. The zero-order valence-electron chi connectivity index (χ0n) is 8.28. The average Bonchev–Trinajstić information content (AvgIpc) is 2.20. The maximum atomic E-state index is 9.14. The zero-order chi connectivity index (χ0) is 9.68. The van der Waals surface area contributed by atoms with Crippen LogP contribution in [0.15, 0.2) is 0 Å². The van der Waals surface area contributed by atoms with Crippen molar-refractivity contribution < 1.29 is 9.84 Å². The van der Waals surface area contributed by atoms with Crippen LogP contribution in [0.25, 0.3) is 0 Å². The summed E-state index contributed by atoms with van der Waals surface area (Å²) in [5.74, 6) is 0. The van der Waals surface area contributed by atoms with Gasteiger partial charge in [-0.05, 0) is 6.42 Å². The van der Waals surface area contributed by atoms with Gasteiger partial charge in [-0.3, -0.25) is 4.90 Å². The van der Waals surface area contributed by atoms with Crippen LogP contribution in [0.3, 0.4) is 0 Å². The van der Waals surface area contributed by atoms with Crippen LogP contribution >= 0.6 is 0 Å². The first-order valence-electron chi connectivity index (χ1n) is 4.97. The average molecular weight is 188 g/mol. The number of morpholine rings is 1. The number of ether oxygens (including phenoxy) is 1. The van der Waals surface area contributed by atoms with E-state index >= 15 is 0 Å². The molecule has 78 valence electrons. The van der Waals surface area contributed by atoms with Gasteiger partial charge in [0.05, 0.1) is 25.9 Å². The van der Waals surface area contributed by atoms with E-state index in [1.807, 2.05) is 0 Å². The van der Waals surface area contributed by atoms with E-state index in [4.69, 9.17) is 15.6 Å². The molecule has 13 heavy (non-hydrogen) atoms. The molecule has 1 aliphatic heterocycles. The van der Waals surface area contributed by atoms with E-state index in [0.29, 0.717) is 19.2 Å². The fraction of sp³-hybridized carbons (Fsp3) is 1.00. The minimum atomic E-state index is 0.141. The van der Waals surface area contributed by atoms with Gasteiger partial charge in [0.15, 0.2) is 0 Å². The van der Waals surface area contributed by atoms with Crippen LogP contribution in [-0.4, -0.2) is 55.0 Å². The number of aliphatic hydroxyl groups is 1. The molecule has 1 aliphatic rings. The number of hydrogen-bond donors (Lipinski definition) is 2. The molecule has 2 atom stereocenters. The van der Waals surface area contributed by atoms with E-state index in [2.05, 4.69) is 11.8 Å². The maximum absolute atomic E-state index is 9.14. The van der Waals surface area contributed by atoms with Gasteiger partial charge in [0.2, 0.25) is 0 Å². The van der Waals surface area contributed by atoms with Crippen LogP contribution < -0.4 is 5.73 Å². The Balaban J connectivity index is 2.51. The van der Waals surface area contributed by atoms with Gasteiger partial charge in [-0.2, -0.15) is 0 Å². The third-order valence-corrected chi connectivity index (χ3v) is 2.70. The first kappa shape index (κ1) is 10.9. The minimum Gasteiger partial charge on any atom is -0.395 e. The highest BCUT2D eigenvalue weighted by atomic mass is 16.5. The van der Waals surface area contributed by atoms with Gasteiger partial charge >= 0.3 is 0 Å². The summed E-state index contributed by atoms with van der Waals surface area (Å²) in [5, 5.41) is 9.14. The Labute approximate surface area is 79.7 Å². The van der Waals surface area contributed by atoms with Crippen molar-refractivity contribution in [3.8, 4) is 0 Å². The molecule has 0 radical (unpaired) electrons. The third kappa shape index (κ3) is 2.64. The number of aliphatic hydroxyl groups excluding tert-OH is 1. The summed E-state index contributed by atoms with van der Waals surface area (Å²) in [5.41, 5.74) is 5.67. The molecule has 0 aliphatic carbocycles. The van der Waals surface area contributed by atoms with Crippen molar-refractivity contribution in [3.05, 3.63) is 0 Å². The van der Waals surface area contributed by atoms with Gasteiger partial charge in [0.1, 0.15) is 0 Å². The molecule has 1 saturated heterocycles. The molecule has 4 heteroatoms. The lowest BCUT2D eigenvalue weighted by atomic mass is 10.1. The molecule has 3 N–H and O–H groups in total. The molecule has 0 aromatic rings. The van der Waals surface area contributed by atoms with Crippen LogP contribution in [0.4, 0.5) is 0 Å². The predicted octanol–water partition coefficient (Wildman–Crippen LogP) is -0.583. The maximum Gasteiger partial charge on any atom is 0.0644 e. The molecule has 4 nitrogen and oxygen atoms in total. The highest BCUT2D eigenvalue weighted by Crippen LogP contribution is 2.12. The predicted molar refractivity (Wildman–Crippen MR) is 51.5 cm³/mol. The van der Waals surface area contributed by atoms with Gasteiger partial charge in [-0.25, -0.2) is 0 Å². The van der Waals surface area contributed by atoms with Gasteiger partial charge in [0.25, 0.3) is 0 Å². The Morgan fingerprint density at radius 2 is 2.46 bits per heavy atom. The van der Waals surface area contributed by atoms with Gasteiger partial charge in [-0.15, -0.1) is 0 Å². The van der Waals surface area contributed by atoms with Gasteiger partial charge < -0.3 is 15.6 Å². The molecule has 1 fully saturated rings. The SMILES string of the molecule is CCC(CN)N1CCOCC1CO. The van der Waals surface area contributed by atoms with Crippen molar-refractivity contribution in [2.75, 3.05) is 32.9 Å². The van der Waals surface area contributed by atoms with Crippen LogP contribution in [0.1, 0.15) is 13.3 Å². The van der Waals surface area contributed by atoms with Crippen LogP contribution in [0.5, 0.6) is 0 Å². The Hall–Kier alpha value is -0.160. The number of nitrogens with two attached hydrogens (primary N) is 1. The van der Waals surface area contributed by atoms with E-state index < -0.39 is 0 Å². The summed E-state index contributed by atoms with van der Waals surface area (Å²) in [7, 11) is 0. The van der Waals surface area contributed by atoms with E-state index in [-0.39, 0.29) is 12.6 Å². The lowest BCUT2D eigenvalue weighted by molar-refractivity contribution is -0.0461. The lowest BCUT2D eigenvalue weighted by Crippen LogP contribution is -2.54. The number of nitrogens with zero attached hydrogens (tertiary/aromatic N) is 1. The largest absolute Gasteiger partial charge is 0.395 e. The molecule has 0 saturated carbocycles. The standard InChI is InChI=1S/C9H20N2O2/c1-2-8(5-10)11-3-4-13-7-9(11)6-12/h8-9,12H,2-7,10H2,1H3. The summed E-state index contributed by atoms with van der Waals surface area (Å²) in [4.78, 5) is 2.27. The van der Waals surface area contributed by atoms with Crippen molar-refractivity contribution in [3.63, 3.8) is 0 Å². The van der Waals surface area contributed by atoms with E-state index in [1.54, 1.807) is 0 Å². The molecule has 1 rings (SSSR count). The summed E-state index contributed by atoms with van der Waals surface area (Å²) in [6.07, 6.45) is 1.03. The van der Waals surface area contributed by atoms with Crippen molar-refractivity contribution in [2.24, 2.45) is 5.73 Å². The Morgan fingerprint density at radius 1 is 1.69 bits per heavy atom. The van der Waals surface area contributed by atoms with Crippen molar-refractivity contribution >= 4 is 0 Å². The molecular weight excluding hydrogens is 168 g/mol. The number of hydrogen-bond acceptors (Lipinski definition) is 4. The first-order chi connectivity index (χ1) is 6.33. The lowest BCUT2D eigenvalue weighted by Gasteiger charge is -2.39. The Bertz CT molecular complexity index is 132. The molecule has 0 aromatic carbocycles.